The summed E-state index contributed by atoms with van der Waals surface area (Å²) in [4.78, 5) is 10.2. The number of alkyl halides is 2. The van der Waals surface area contributed by atoms with Gasteiger partial charge in [0.1, 0.15) is 6.61 Å². The molecule has 0 spiro atoms. The van der Waals surface area contributed by atoms with Crippen LogP contribution in [0.4, 0.5) is 8.78 Å². The summed E-state index contributed by atoms with van der Waals surface area (Å²) >= 11 is 0. The van der Waals surface area contributed by atoms with Crippen LogP contribution in [0.3, 0.4) is 0 Å². The van der Waals surface area contributed by atoms with Gasteiger partial charge in [-0.1, -0.05) is 0 Å². The first kappa shape index (κ1) is 9.29. The average Bonchev–Trinajstić information content (AvgIpc) is 1.89. The highest BCUT2D eigenvalue weighted by Crippen LogP contribution is 2.13. The van der Waals surface area contributed by atoms with Crippen molar-refractivity contribution in [1.29, 1.82) is 0 Å². The molecule has 0 heterocycles. The van der Waals surface area contributed by atoms with Gasteiger partial charge in [-0.2, -0.15) is 8.78 Å². The van der Waals surface area contributed by atoms with Crippen molar-refractivity contribution in [2.75, 3.05) is 13.2 Å². The third-order valence-corrected chi connectivity index (χ3v) is 0.773. The molecule has 0 radical (unpaired) electrons. The number of rotatable bonds is 3. The minimum Gasteiger partial charge on any atom is -0.461 e. The van der Waals surface area contributed by atoms with Gasteiger partial charge in [0.25, 0.3) is 0 Å². The zero-order chi connectivity index (χ0) is 8.20. The van der Waals surface area contributed by atoms with Gasteiger partial charge in [-0.25, -0.2) is 4.79 Å². The van der Waals surface area contributed by atoms with Gasteiger partial charge < -0.3 is 9.84 Å². The van der Waals surface area contributed by atoms with Gasteiger partial charge in [0.05, 0.1) is 6.61 Å². The van der Waals surface area contributed by atoms with E-state index in [-0.39, 0.29) is 6.61 Å². The van der Waals surface area contributed by atoms with Crippen molar-refractivity contribution in [3.63, 3.8) is 0 Å². The Bertz CT molecular complexity index is 124. The topological polar surface area (TPSA) is 46.5 Å². The zero-order valence-corrected chi connectivity index (χ0v) is 5.43. The molecular formula is C5H8F2O3. The summed E-state index contributed by atoms with van der Waals surface area (Å²) in [5.41, 5.74) is 0. The van der Waals surface area contributed by atoms with E-state index in [2.05, 4.69) is 4.74 Å². The minimum absolute atomic E-state index is 0.117. The summed E-state index contributed by atoms with van der Waals surface area (Å²) < 4.78 is 28.0. The molecule has 0 fully saturated rings. The van der Waals surface area contributed by atoms with Crippen LogP contribution < -0.4 is 0 Å². The highest BCUT2D eigenvalue weighted by molar-refractivity contribution is 5.77. The highest BCUT2D eigenvalue weighted by Gasteiger charge is 2.39. The van der Waals surface area contributed by atoms with E-state index in [1.165, 1.54) is 6.92 Å². The Balaban J connectivity index is 3.91. The van der Waals surface area contributed by atoms with Crippen molar-refractivity contribution in [3.8, 4) is 0 Å². The summed E-state index contributed by atoms with van der Waals surface area (Å²) in [6, 6.07) is 0. The lowest BCUT2D eigenvalue weighted by Gasteiger charge is -2.10. The van der Waals surface area contributed by atoms with Crippen LogP contribution in [0.2, 0.25) is 0 Å². The lowest BCUT2D eigenvalue weighted by Crippen LogP contribution is -2.34. The second-order valence-corrected chi connectivity index (χ2v) is 1.58. The quantitative estimate of drug-likeness (QED) is 0.589. The molecule has 0 aromatic carbocycles. The van der Waals surface area contributed by atoms with Crippen molar-refractivity contribution < 1.29 is 23.4 Å². The molecule has 5 heteroatoms. The molecule has 1 N–H and O–H groups in total. The number of esters is 1. The van der Waals surface area contributed by atoms with Gasteiger partial charge in [-0.3, -0.25) is 0 Å². The van der Waals surface area contributed by atoms with Crippen LogP contribution in [0, 0.1) is 0 Å². The highest BCUT2D eigenvalue weighted by atomic mass is 19.3. The van der Waals surface area contributed by atoms with Gasteiger partial charge in [-0.05, 0) is 6.92 Å². The van der Waals surface area contributed by atoms with Crippen LogP contribution in [-0.4, -0.2) is 30.2 Å². The van der Waals surface area contributed by atoms with E-state index in [1.54, 1.807) is 0 Å². The molecule has 10 heavy (non-hydrogen) atoms. The second-order valence-electron chi connectivity index (χ2n) is 1.58. The van der Waals surface area contributed by atoms with Crippen molar-refractivity contribution in [3.05, 3.63) is 0 Å². The molecule has 3 nitrogen and oxygen atoms in total. The Morgan fingerprint density at radius 3 is 2.50 bits per heavy atom. The third kappa shape index (κ3) is 2.26. The Labute approximate surface area is 56.6 Å². The molecule has 0 aliphatic heterocycles. The predicted molar refractivity (Wildman–Crippen MR) is 28.7 cm³/mol. The maximum absolute atomic E-state index is 12.0. The summed E-state index contributed by atoms with van der Waals surface area (Å²) in [6.45, 7) is -0.217. The van der Waals surface area contributed by atoms with E-state index in [0.29, 0.717) is 0 Å². The Morgan fingerprint density at radius 2 is 2.20 bits per heavy atom. The van der Waals surface area contributed by atoms with Gasteiger partial charge in [-0.15, -0.1) is 0 Å². The summed E-state index contributed by atoms with van der Waals surface area (Å²) in [5.74, 6) is -5.44. The number of carbonyl (C=O) groups is 1. The lowest BCUT2D eigenvalue weighted by molar-refractivity contribution is -0.176. The SMILES string of the molecule is CCOC(=O)C(F)(F)CO. The van der Waals surface area contributed by atoms with E-state index in [4.69, 9.17) is 5.11 Å². The monoisotopic (exact) mass is 154 g/mol. The molecule has 0 rings (SSSR count). The lowest BCUT2D eigenvalue weighted by atomic mass is 10.4. The van der Waals surface area contributed by atoms with E-state index in [9.17, 15) is 13.6 Å². The van der Waals surface area contributed by atoms with Crippen LogP contribution >= 0.6 is 0 Å². The van der Waals surface area contributed by atoms with Gasteiger partial charge in [0.2, 0.25) is 0 Å². The predicted octanol–water partition coefficient (Wildman–Crippen LogP) is 0.177. The maximum atomic E-state index is 12.0. The fraction of sp³-hybridized carbons (Fsp3) is 0.800. The first-order valence-corrected chi connectivity index (χ1v) is 2.70. The summed E-state index contributed by atoms with van der Waals surface area (Å²) in [6.07, 6.45) is 0. The molecule has 0 unspecified atom stereocenters. The molecule has 0 atom stereocenters. The van der Waals surface area contributed by atoms with Gasteiger partial charge in [0.15, 0.2) is 0 Å². The number of aliphatic hydroxyl groups excluding tert-OH is 1. The van der Waals surface area contributed by atoms with Crippen LogP contribution in [-0.2, 0) is 9.53 Å². The zero-order valence-electron chi connectivity index (χ0n) is 5.43. The molecule has 0 aliphatic carbocycles. The molecule has 0 aromatic rings. The number of halogens is 2. The fourth-order valence-electron chi connectivity index (χ4n) is 0.301. The van der Waals surface area contributed by atoms with E-state index in [1.807, 2.05) is 0 Å². The van der Waals surface area contributed by atoms with Crippen molar-refractivity contribution >= 4 is 5.97 Å². The van der Waals surface area contributed by atoms with Crippen LogP contribution in [0.25, 0.3) is 0 Å². The van der Waals surface area contributed by atoms with Crippen molar-refractivity contribution in [1.82, 2.24) is 0 Å². The molecule has 60 valence electrons. The van der Waals surface area contributed by atoms with Crippen LogP contribution in [0.5, 0.6) is 0 Å². The average molecular weight is 154 g/mol. The fourth-order valence-corrected chi connectivity index (χ4v) is 0.301. The molecule has 0 saturated carbocycles. The first-order chi connectivity index (χ1) is 4.54. The summed E-state index contributed by atoms with van der Waals surface area (Å²) in [5, 5.41) is 7.94. The molecule has 0 aromatic heterocycles. The van der Waals surface area contributed by atoms with Gasteiger partial charge >= 0.3 is 11.9 Å². The minimum atomic E-state index is -3.75. The normalized spacial score (nSPS) is 11.2. The summed E-state index contributed by atoms with van der Waals surface area (Å²) in [7, 11) is 0. The Kier molecular flexibility index (Phi) is 3.21. The van der Waals surface area contributed by atoms with E-state index < -0.39 is 18.5 Å². The van der Waals surface area contributed by atoms with E-state index in [0.717, 1.165) is 0 Å². The number of carbonyl (C=O) groups excluding carboxylic acids is 1. The number of hydrogen-bond acceptors (Lipinski definition) is 3. The van der Waals surface area contributed by atoms with E-state index >= 15 is 0 Å². The molecule has 0 aliphatic rings. The van der Waals surface area contributed by atoms with Crippen LogP contribution in [0.15, 0.2) is 0 Å². The number of ether oxygens (including phenoxy) is 1. The molecule has 0 bridgehead atoms. The largest absolute Gasteiger partial charge is 0.461 e. The number of aliphatic hydroxyl groups is 1. The molecule has 0 saturated heterocycles. The third-order valence-electron chi connectivity index (χ3n) is 0.773. The van der Waals surface area contributed by atoms with Crippen molar-refractivity contribution in [2.45, 2.75) is 12.8 Å². The maximum Gasteiger partial charge on any atom is 0.379 e. The second kappa shape index (κ2) is 3.46. The molecular weight excluding hydrogens is 146 g/mol. The standard InChI is InChI=1S/C5H8F2O3/c1-2-10-4(9)5(6,7)3-8/h8H,2-3H2,1H3. The Hall–Kier alpha value is -0.710. The smallest absolute Gasteiger partial charge is 0.379 e. The Morgan fingerprint density at radius 1 is 1.70 bits per heavy atom. The van der Waals surface area contributed by atoms with Crippen LogP contribution in [0.1, 0.15) is 6.92 Å². The van der Waals surface area contributed by atoms with Crippen molar-refractivity contribution in [2.24, 2.45) is 0 Å². The first-order valence-electron chi connectivity index (χ1n) is 2.70. The molecule has 0 amide bonds. The van der Waals surface area contributed by atoms with Gasteiger partial charge in [0, 0.05) is 0 Å². The number of hydrogen-bond donors (Lipinski definition) is 1.